The zero-order chi connectivity index (χ0) is 50.0. The molecule has 0 radical (unpaired) electrons. The van der Waals surface area contributed by atoms with Gasteiger partial charge in [0.25, 0.3) is 0 Å². The smallest absolute Gasteiger partial charge is 0.306 e. The quantitative estimate of drug-likeness (QED) is 0.0262. The number of allylic oxidation sites excluding steroid dienone is 28. The molecule has 0 aromatic carbocycles. The minimum absolute atomic E-state index is 0.155. The maximum absolute atomic E-state index is 12.8. The molecule has 6 heteroatoms. The van der Waals surface area contributed by atoms with Crippen molar-refractivity contribution < 1.29 is 28.6 Å². The number of hydrogen-bond donors (Lipinski definition) is 0. The summed E-state index contributed by atoms with van der Waals surface area (Å²) in [4.78, 5) is 38.0. The molecule has 0 fully saturated rings. The van der Waals surface area contributed by atoms with Gasteiger partial charge >= 0.3 is 17.9 Å². The summed E-state index contributed by atoms with van der Waals surface area (Å²) in [5.74, 6) is -1.15. The van der Waals surface area contributed by atoms with Crippen LogP contribution in [-0.2, 0) is 28.6 Å². The predicted molar refractivity (Wildman–Crippen MR) is 297 cm³/mol. The van der Waals surface area contributed by atoms with Crippen LogP contribution in [0.5, 0.6) is 0 Å². The molecule has 0 unspecified atom stereocenters. The fraction of sp³-hybridized carbons (Fsp3) is 0.508. The Morgan fingerprint density at radius 2 is 0.594 bits per heavy atom. The van der Waals surface area contributed by atoms with Crippen LogP contribution < -0.4 is 0 Å². The lowest BCUT2D eigenvalue weighted by atomic mass is 10.1. The highest BCUT2D eigenvalue weighted by Gasteiger charge is 2.19. The summed E-state index contributed by atoms with van der Waals surface area (Å²) < 4.78 is 16.7. The van der Waals surface area contributed by atoms with Crippen molar-refractivity contribution in [1.82, 2.24) is 0 Å². The van der Waals surface area contributed by atoms with E-state index in [1.54, 1.807) is 0 Å². The molecule has 382 valence electrons. The monoisotopic (exact) mass is 947 g/mol. The normalized spacial score (nSPS) is 13.5. The molecule has 0 rings (SSSR count). The molecule has 0 bridgehead atoms. The van der Waals surface area contributed by atoms with Crippen molar-refractivity contribution in [3.8, 4) is 0 Å². The van der Waals surface area contributed by atoms with Gasteiger partial charge in [0.05, 0.1) is 0 Å². The zero-order valence-electron chi connectivity index (χ0n) is 43.5. The van der Waals surface area contributed by atoms with Gasteiger partial charge in [0.2, 0.25) is 0 Å². The van der Waals surface area contributed by atoms with Crippen LogP contribution in [0, 0.1) is 0 Å². The lowest BCUT2D eigenvalue weighted by Gasteiger charge is -2.18. The summed E-state index contributed by atoms with van der Waals surface area (Å²) in [5, 5.41) is 0. The summed E-state index contributed by atoms with van der Waals surface area (Å²) in [6, 6.07) is 0. The van der Waals surface area contributed by atoms with Crippen molar-refractivity contribution in [2.75, 3.05) is 13.2 Å². The molecule has 0 saturated heterocycles. The second kappa shape index (κ2) is 55.4. The molecule has 69 heavy (non-hydrogen) atoms. The summed E-state index contributed by atoms with van der Waals surface area (Å²) in [6.07, 6.45) is 82.1. The second-order valence-corrected chi connectivity index (χ2v) is 16.7. The molecule has 0 saturated carbocycles. The molecule has 0 spiro atoms. The number of esters is 3. The van der Waals surface area contributed by atoms with Crippen molar-refractivity contribution in [1.29, 1.82) is 0 Å². The number of rotatable bonds is 45. The Morgan fingerprint density at radius 3 is 0.957 bits per heavy atom. The van der Waals surface area contributed by atoms with Gasteiger partial charge in [-0.2, -0.15) is 0 Å². The minimum Gasteiger partial charge on any atom is -0.462 e. The fourth-order valence-electron chi connectivity index (χ4n) is 6.27. The molecule has 0 heterocycles. The van der Waals surface area contributed by atoms with Gasteiger partial charge in [0.15, 0.2) is 6.10 Å². The molecule has 0 N–H and O–H groups in total. The van der Waals surface area contributed by atoms with Gasteiger partial charge in [0.1, 0.15) is 13.2 Å². The highest BCUT2D eigenvalue weighted by Crippen LogP contribution is 2.09. The highest BCUT2D eigenvalue weighted by atomic mass is 16.6. The average molecular weight is 947 g/mol. The van der Waals surface area contributed by atoms with Crippen molar-refractivity contribution in [2.24, 2.45) is 0 Å². The topological polar surface area (TPSA) is 78.9 Å². The van der Waals surface area contributed by atoms with E-state index in [1.165, 1.54) is 19.3 Å². The van der Waals surface area contributed by atoms with E-state index < -0.39 is 12.1 Å². The second-order valence-electron chi connectivity index (χ2n) is 16.7. The SMILES string of the molecule is CC/C=C\C/C=C\C/C=C\C/C=C\C/C=C\C/C=C\CCC(=O)OC[C@H](COC(=O)CCC/C=C\C/C=C\C/C=C\C/C=C\C/C=C\CC)OC(=O)CCCC/C=C\C/C=C\C/C=C\CCCCC. The molecular formula is C63H94O6. The maximum Gasteiger partial charge on any atom is 0.306 e. The fourth-order valence-corrected chi connectivity index (χ4v) is 6.27. The van der Waals surface area contributed by atoms with Gasteiger partial charge in [-0.25, -0.2) is 0 Å². The lowest BCUT2D eigenvalue weighted by Crippen LogP contribution is -2.30. The van der Waals surface area contributed by atoms with E-state index in [-0.39, 0.29) is 44.4 Å². The average Bonchev–Trinajstić information content (AvgIpc) is 3.35. The summed E-state index contributed by atoms with van der Waals surface area (Å²) >= 11 is 0. The molecule has 0 aliphatic heterocycles. The Hall–Kier alpha value is -5.23. The maximum atomic E-state index is 12.8. The highest BCUT2D eigenvalue weighted by molar-refractivity contribution is 5.71. The summed E-state index contributed by atoms with van der Waals surface area (Å²) in [5.41, 5.74) is 0. The third kappa shape index (κ3) is 53.6. The number of unbranched alkanes of at least 4 members (excludes halogenated alkanes) is 6. The van der Waals surface area contributed by atoms with Crippen LogP contribution in [0.4, 0.5) is 0 Å². The lowest BCUT2D eigenvalue weighted by molar-refractivity contribution is -0.166. The minimum atomic E-state index is -0.861. The number of hydrogen-bond acceptors (Lipinski definition) is 6. The Labute approximate surface area is 422 Å². The first-order valence-corrected chi connectivity index (χ1v) is 26.6. The van der Waals surface area contributed by atoms with E-state index in [2.05, 4.69) is 179 Å². The van der Waals surface area contributed by atoms with Gasteiger partial charge < -0.3 is 14.2 Å². The van der Waals surface area contributed by atoms with Gasteiger partial charge in [-0.15, -0.1) is 0 Å². The molecular weight excluding hydrogens is 853 g/mol. The van der Waals surface area contributed by atoms with Crippen LogP contribution in [0.1, 0.15) is 188 Å². The Bertz CT molecular complexity index is 1650. The number of carbonyl (C=O) groups excluding carboxylic acids is 3. The van der Waals surface area contributed by atoms with E-state index in [0.717, 1.165) is 109 Å². The van der Waals surface area contributed by atoms with Gasteiger partial charge in [0, 0.05) is 19.3 Å². The van der Waals surface area contributed by atoms with E-state index >= 15 is 0 Å². The zero-order valence-corrected chi connectivity index (χ0v) is 43.5. The Morgan fingerprint density at radius 1 is 0.304 bits per heavy atom. The summed E-state index contributed by atoms with van der Waals surface area (Å²) in [7, 11) is 0. The van der Waals surface area contributed by atoms with Crippen molar-refractivity contribution in [2.45, 2.75) is 194 Å². The van der Waals surface area contributed by atoms with Gasteiger partial charge in [-0.1, -0.05) is 204 Å². The van der Waals surface area contributed by atoms with E-state index in [1.807, 2.05) is 12.2 Å². The largest absolute Gasteiger partial charge is 0.462 e. The number of carbonyl (C=O) groups is 3. The van der Waals surface area contributed by atoms with E-state index in [4.69, 9.17) is 14.2 Å². The first-order valence-electron chi connectivity index (χ1n) is 26.6. The van der Waals surface area contributed by atoms with E-state index in [9.17, 15) is 14.4 Å². The predicted octanol–water partition coefficient (Wildman–Crippen LogP) is 18.0. The molecule has 0 aliphatic carbocycles. The molecule has 1 atom stereocenters. The number of ether oxygens (including phenoxy) is 3. The van der Waals surface area contributed by atoms with Crippen LogP contribution >= 0.6 is 0 Å². The van der Waals surface area contributed by atoms with Crippen molar-refractivity contribution in [3.63, 3.8) is 0 Å². The van der Waals surface area contributed by atoms with Gasteiger partial charge in [-0.3, -0.25) is 14.4 Å². The first kappa shape index (κ1) is 63.8. The van der Waals surface area contributed by atoms with Crippen LogP contribution in [-0.4, -0.2) is 37.2 Å². The standard InChI is InChI=1S/C63H94O6/c1-4-7-10-13-16-19-22-25-28-30-31-33-36-38-41-44-47-50-53-56-62(65)68-59-60(69-63(66)57-54-51-48-45-42-39-34-27-24-21-18-15-12-9-6-3)58-67-61(64)55-52-49-46-43-40-37-35-32-29-26-23-20-17-14-11-8-5-2/h7-8,10-11,16-21,25-29,31,33-35,37-38,41-43,45-47,50,60H,4-6,9,12-15,22-24,30,32,36,39-40,44,48-49,51-59H2,1-3H3/b10-7-,11-8-,19-16-,20-17-,21-18-,28-25-,29-26-,33-31-,34-27-,37-35-,41-38-,45-42-,46-43-,50-47-/t60-/m0/s1. The molecule has 6 nitrogen and oxygen atoms in total. The molecule has 0 aromatic rings. The first-order chi connectivity index (χ1) is 34.0. The van der Waals surface area contributed by atoms with Crippen LogP contribution in [0.15, 0.2) is 170 Å². The third-order valence-electron chi connectivity index (χ3n) is 10.2. The van der Waals surface area contributed by atoms with Crippen molar-refractivity contribution in [3.05, 3.63) is 170 Å². The Kier molecular flexibility index (Phi) is 51.2. The van der Waals surface area contributed by atoms with Crippen LogP contribution in [0.2, 0.25) is 0 Å². The van der Waals surface area contributed by atoms with Crippen molar-refractivity contribution >= 4 is 17.9 Å². The molecule has 0 amide bonds. The Balaban J connectivity index is 4.69. The molecule has 0 aromatic heterocycles. The van der Waals surface area contributed by atoms with Crippen LogP contribution in [0.3, 0.4) is 0 Å². The molecule has 0 aliphatic rings. The van der Waals surface area contributed by atoms with Gasteiger partial charge in [-0.05, 0) is 135 Å². The van der Waals surface area contributed by atoms with E-state index in [0.29, 0.717) is 19.3 Å². The third-order valence-corrected chi connectivity index (χ3v) is 10.2. The summed E-state index contributed by atoms with van der Waals surface area (Å²) in [6.45, 7) is 6.20. The van der Waals surface area contributed by atoms with Crippen LogP contribution in [0.25, 0.3) is 0 Å².